The Labute approximate surface area is 142 Å². The highest BCUT2D eigenvalue weighted by Gasteiger charge is 2.27. The van der Waals surface area contributed by atoms with Crippen LogP contribution in [-0.2, 0) is 6.61 Å². The normalized spacial score (nSPS) is 10.8. The largest absolute Gasteiger partial charge is 0.493 e. The topological polar surface area (TPSA) is 59.3 Å². The number of nitrogens with zero attached hydrogens (tertiary/aromatic N) is 1. The molecule has 24 heavy (non-hydrogen) atoms. The van der Waals surface area contributed by atoms with Crippen LogP contribution in [-0.4, -0.2) is 12.9 Å². The van der Waals surface area contributed by atoms with Gasteiger partial charge in [0.05, 0.1) is 12.7 Å². The van der Waals surface area contributed by atoms with Crippen LogP contribution in [0.4, 0.5) is 0 Å². The Morgan fingerprint density at radius 3 is 2.33 bits per heavy atom. The van der Waals surface area contributed by atoms with Crippen molar-refractivity contribution in [2.45, 2.75) is 27.4 Å². The predicted octanol–water partition coefficient (Wildman–Crippen LogP) is 4.37. The van der Waals surface area contributed by atoms with Crippen LogP contribution in [0.2, 0.25) is 0 Å². The number of carbonyl (C=O) groups is 1. The van der Waals surface area contributed by atoms with E-state index in [0.29, 0.717) is 29.2 Å². The molecule has 0 atom stereocenters. The summed E-state index contributed by atoms with van der Waals surface area (Å²) >= 11 is 0. The average molecular weight is 323 g/mol. The van der Waals surface area contributed by atoms with Gasteiger partial charge in [0.15, 0.2) is 17.3 Å². The average Bonchev–Trinajstić information content (AvgIpc) is 2.58. The molecule has 0 radical (unpaired) electrons. The summed E-state index contributed by atoms with van der Waals surface area (Å²) in [5, 5.41) is 9.35. The standard InChI is InChI=1S/C20H21NO3/c1-20(2,3)19(22)16-11-18(17(23-4)10-15(16)12-21)24-13-14-8-6-5-7-9-14/h5-11H,13H2,1-4H3. The minimum atomic E-state index is -0.586. The lowest BCUT2D eigenvalue weighted by atomic mass is 9.84. The molecule has 0 aliphatic rings. The molecule has 0 aliphatic carbocycles. The fourth-order valence-electron chi connectivity index (χ4n) is 2.25. The summed E-state index contributed by atoms with van der Waals surface area (Å²) in [6.07, 6.45) is 0. The molecule has 4 heteroatoms. The lowest BCUT2D eigenvalue weighted by molar-refractivity contribution is 0.0857. The molecule has 2 aromatic carbocycles. The highest BCUT2D eigenvalue weighted by atomic mass is 16.5. The lowest BCUT2D eigenvalue weighted by Crippen LogP contribution is -2.21. The molecule has 0 fully saturated rings. The van der Waals surface area contributed by atoms with Crippen LogP contribution >= 0.6 is 0 Å². The van der Waals surface area contributed by atoms with Crippen molar-refractivity contribution in [1.29, 1.82) is 5.26 Å². The molecule has 124 valence electrons. The smallest absolute Gasteiger partial charge is 0.169 e. The number of ether oxygens (including phenoxy) is 2. The molecule has 4 nitrogen and oxygen atoms in total. The molecule has 0 unspecified atom stereocenters. The minimum absolute atomic E-state index is 0.105. The van der Waals surface area contributed by atoms with Crippen LogP contribution in [0.15, 0.2) is 42.5 Å². The molecule has 0 amide bonds. The van der Waals surface area contributed by atoms with Crippen LogP contribution in [0.3, 0.4) is 0 Å². The zero-order valence-corrected chi connectivity index (χ0v) is 14.4. The maximum absolute atomic E-state index is 12.6. The number of carbonyl (C=O) groups excluding carboxylic acids is 1. The van der Waals surface area contributed by atoms with Gasteiger partial charge < -0.3 is 9.47 Å². The maximum atomic E-state index is 12.6. The molecule has 0 bridgehead atoms. The molecule has 2 rings (SSSR count). The summed E-state index contributed by atoms with van der Waals surface area (Å²) in [5.41, 5.74) is 1.07. The first-order chi connectivity index (χ1) is 11.4. The summed E-state index contributed by atoms with van der Waals surface area (Å²) in [6.45, 7) is 5.83. The quantitative estimate of drug-likeness (QED) is 0.766. The zero-order chi connectivity index (χ0) is 17.7. The highest BCUT2D eigenvalue weighted by molar-refractivity contribution is 6.02. The second-order valence-corrected chi connectivity index (χ2v) is 6.51. The first kappa shape index (κ1) is 17.6. The Morgan fingerprint density at radius 2 is 1.79 bits per heavy atom. The van der Waals surface area contributed by atoms with Crippen molar-refractivity contribution < 1.29 is 14.3 Å². The minimum Gasteiger partial charge on any atom is -0.493 e. The number of ketones is 1. The van der Waals surface area contributed by atoms with E-state index >= 15 is 0 Å². The van der Waals surface area contributed by atoms with Gasteiger partial charge in [-0.2, -0.15) is 5.26 Å². The molecule has 0 N–H and O–H groups in total. The second kappa shape index (κ2) is 7.18. The van der Waals surface area contributed by atoms with Gasteiger partial charge in [-0.1, -0.05) is 51.1 Å². The fourth-order valence-corrected chi connectivity index (χ4v) is 2.25. The van der Waals surface area contributed by atoms with E-state index in [1.54, 1.807) is 12.1 Å². The third-order valence-corrected chi connectivity index (χ3v) is 3.59. The van der Waals surface area contributed by atoms with Crippen molar-refractivity contribution in [1.82, 2.24) is 0 Å². The van der Waals surface area contributed by atoms with E-state index in [-0.39, 0.29) is 5.78 Å². The number of hydrogen-bond donors (Lipinski definition) is 0. The molecule has 0 aliphatic heterocycles. The molecule has 0 aromatic heterocycles. The summed E-state index contributed by atoms with van der Waals surface area (Å²) in [7, 11) is 1.51. The van der Waals surface area contributed by atoms with Crippen LogP contribution < -0.4 is 9.47 Å². The van der Waals surface area contributed by atoms with Crippen LogP contribution in [0.25, 0.3) is 0 Å². The summed E-state index contributed by atoms with van der Waals surface area (Å²) in [6, 6.07) is 14.9. The molecular formula is C20H21NO3. The first-order valence-electron chi connectivity index (χ1n) is 7.70. The van der Waals surface area contributed by atoms with E-state index < -0.39 is 5.41 Å². The van der Waals surface area contributed by atoms with E-state index in [0.717, 1.165) is 5.56 Å². The molecule has 0 spiro atoms. The van der Waals surface area contributed by atoms with E-state index in [1.165, 1.54) is 7.11 Å². The fraction of sp³-hybridized carbons (Fsp3) is 0.300. The summed E-state index contributed by atoms with van der Waals surface area (Å²) in [4.78, 5) is 12.6. The van der Waals surface area contributed by atoms with Gasteiger partial charge in [-0.15, -0.1) is 0 Å². The number of Topliss-reactive ketones (excluding diaryl/α,β-unsaturated/α-hetero) is 1. The van der Waals surface area contributed by atoms with Crippen molar-refractivity contribution in [2.75, 3.05) is 7.11 Å². The van der Waals surface area contributed by atoms with Gasteiger partial charge in [-0.3, -0.25) is 4.79 Å². The predicted molar refractivity (Wildman–Crippen MR) is 92.3 cm³/mol. The van der Waals surface area contributed by atoms with Crippen LogP contribution in [0.5, 0.6) is 11.5 Å². The third-order valence-electron chi connectivity index (χ3n) is 3.59. The van der Waals surface area contributed by atoms with Gasteiger partial charge in [0.1, 0.15) is 12.7 Å². The van der Waals surface area contributed by atoms with Crippen molar-refractivity contribution in [3.05, 3.63) is 59.2 Å². The Kier molecular flexibility index (Phi) is 5.25. The number of rotatable bonds is 5. The summed E-state index contributed by atoms with van der Waals surface area (Å²) < 4.78 is 11.1. The zero-order valence-electron chi connectivity index (χ0n) is 14.4. The van der Waals surface area contributed by atoms with E-state index in [2.05, 4.69) is 6.07 Å². The van der Waals surface area contributed by atoms with E-state index in [1.807, 2.05) is 51.1 Å². The van der Waals surface area contributed by atoms with Crippen molar-refractivity contribution in [2.24, 2.45) is 5.41 Å². The number of hydrogen-bond acceptors (Lipinski definition) is 4. The molecule has 2 aromatic rings. The van der Waals surface area contributed by atoms with Crippen molar-refractivity contribution >= 4 is 5.78 Å². The van der Waals surface area contributed by atoms with Crippen molar-refractivity contribution in [3.8, 4) is 17.6 Å². The second-order valence-electron chi connectivity index (χ2n) is 6.51. The van der Waals surface area contributed by atoms with Gasteiger partial charge >= 0.3 is 0 Å². The van der Waals surface area contributed by atoms with Gasteiger partial charge in [-0.25, -0.2) is 0 Å². The Hall–Kier alpha value is -2.80. The van der Waals surface area contributed by atoms with E-state index in [9.17, 15) is 10.1 Å². The maximum Gasteiger partial charge on any atom is 0.169 e. The first-order valence-corrected chi connectivity index (χ1v) is 7.70. The Balaban J connectivity index is 2.39. The summed E-state index contributed by atoms with van der Waals surface area (Å²) in [5.74, 6) is 0.784. The highest BCUT2D eigenvalue weighted by Crippen LogP contribution is 2.34. The van der Waals surface area contributed by atoms with E-state index in [4.69, 9.17) is 9.47 Å². The molecular weight excluding hydrogens is 302 g/mol. The van der Waals surface area contributed by atoms with Gasteiger partial charge in [0.2, 0.25) is 0 Å². The van der Waals surface area contributed by atoms with Crippen LogP contribution in [0, 0.1) is 16.7 Å². The molecule has 0 heterocycles. The lowest BCUT2D eigenvalue weighted by Gasteiger charge is -2.19. The van der Waals surface area contributed by atoms with Gasteiger partial charge in [-0.05, 0) is 11.6 Å². The third kappa shape index (κ3) is 3.94. The number of nitriles is 1. The van der Waals surface area contributed by atoms with Gasteiger partial charge in [0, 0.05) is 17.0 Å². The van der Waals surface area contributed by atoms with Gasteiger partial charge in [0.25, 0.3) is 0 Å². The molecule has 0 saturated heterocycles. The molecule has 0 saturated carbocycles. The van der Waals surface area contributed by atoms with Crippen molar-refractivity contribution in [3.63, 3.8) is 0 Å². The monoisotopic (exact) mass is 323 g/mol. The Morgan fingerprint density at radius 1 is 1.12 bits per heavy atom. The number of benzene rings is 2. The SMILES string of the molecule is COc1cc(C#N)c(C(=O)C(C)(C)C)cc1OCc1ccccc1. The Bertz CT molecular complexity index is 768. The number of methoxy groups -OCH3 is 1. The van der Waals surface area contributed by atoms with Crippen LogP contribution in [0.1, 0.15) is 42.3 Å².